The van der Waals surface area contributed by atoms with Gasteiger partial charge in [-0.15, -0.1) is 0 Å². The van der Waals surface area contributed by atoms with Crippen molar-refractivity contribution in [1.29, 1.82) is 0 Å². The highest BCUT2D eigenvalue weighted by Gasteiger charge is 2.15. The number of aromatic amines is 1. The highest BCUT2D eigenvalue weighted by atomic mass is 16.5. The molecule has 0 radical (unpaired) electrons. The van der Waals surface area contributed by atoms with Crippen LogP contribution in [0.15, 0.2) is 54.6 Å². The van der Waals surface area contributed by atoms with Gasteiger partial charge >= 0.3 is 5.97 Å². The number of hydrogen-bond donors (Lipinski definition) is 2. The molecule has 132 valence electrons. The lowest BCUT2D eigenvalue weighted by Crippen LogP contribution is -2.22. The van der Waals surface area contributed by atoms with Crippen molar-refractivity contribution < 1.29 is 14.3 Å². The van der Waals surface area contributed by atoms with E-state index in [0.717, 1.165) is 22.4 Å². The molecule has 1 heterocycles. The van der Waals surface area contributed by atoms with Crippen molar-refractivity contribution in [3.63, 3.8) is 0 Å². The van der Waals surface area contributed by atoms with Crippen LogP contribution in [-0.2, 0) is 9.53 Å². The van der Waals surface area contributed by atoms with E-state index in [2.05, 4.69) is 15.5 Å². The van der Waals surface area contributed by atoms with Crippen LogP contribution in [0.5, 0.6) is 0 Å². The maximum Gasteiger partial charge on any atom is 0.356 e. The van der Waals surface area contributed by atoms with E-state index in [-0.39, 0.29) is 12.3 Å². The molecule has 3 rings (SSSR count). The molecule has 0 aliphatic carbocycles. The molecule has 0 saturated heterocycles. The smallest absolute Gasteiger partial charge is 0.356 e. The first kappa shape index (κ1) is 17.4. The predicted octanol–water partition coefficient (Wildman–Crippen LogP) is 3.49. The van der Waals surface area contributed by atoms with E-state index in [9.17, 15) is 9.59 Å². The van der Waals surface area contributed by atoms with Crippen molar-refractivity contribution in [2.24, 2.45) is 0 Å². The first-order chi connectivity index (χ1) is 12.5. The molecule has 1 amide bonds. The second-order valence-corrected chi connectivity index (χ2v) is 5.92. The number of benzene rings is 2. The number of carbonyl (C=O) groups excluding carboxylic acids is 2. The molecule has 2 N–H and O–H groups in total. The van der Waals surface area contributed by atoms with Gasteiger partial charge in [0, 0.05) is 11.3 Å². The lowest BCUT2D eigenvalue weighted by Gasteiger charge is -2.11. The standard InChI is InChI=1S/C20H19N3O3/c1-13-7-6-8-14(2)19(13)21-18(24)12-26-20(25)17-11-16(22-23-17)15-9-4-3-5-10-15/h3-11H,12H2,1-2H3,(H,21,24)(H,22,23). The van der Waals surface area contributed by atoms with E-state index in [1.54, 1.807) is 6.07 Å². The van der Waals surface area contributed by atoms with Gasteiger partial charge in [0.2, 0.25) is 0 Å². The van der Waals surface area contributed by atoms with Gasteiger partial charge in [-0.25, -0.2) is 4.79 Å². The van der Waals surface area contributed by atoms with E-state index >= 15 is 0 Å². The third-order valence-electron chi connectivity index (χ3n) is 3.95. The maximum atomic E-state index is 12.1. The molecular weight excluding hydrogens is 330 g/mol. The van der Waals surface area contributed by atoms with Gasteiger partial charge < -0.3 is 10.1 Å². The Morgan fingerprint density at radius 2 is 1.73 bits per heavy atom. The van der Waals surface area contributed by atoms with Crippen molar-refractivity contribution in [2.45, 2.75) is 13.8 Å². The van der Waals surface area contributed by atoms with Crippen LogP contribution in [0.2, 0.25) is 0 Å². The molecule has 0 bridgehead atoms. The average molecular weight is 349 g/mol. The highest BCUT2D eigenvalue weighted by molar-refractivity contribution is 5.96. The van der Waals surface area contributed by atoms with Gasteiger partial charge in [-0.2, -0.15) is 5.10 Å². The summed E-state index contributed by atoms with van der Waals surface area (Å²) in [5.41, 5.74) is 4.36. The summed E-state index contributed by atoms with van der Waals surface area (Å²) >= 11 is 0. The highest BCUT2D eigenvalue weighted by Crippen LogP contribution is 2.19. The van der Waals surface area contributed by atoms with Crippen LogP contribution in [0.1, 0.15) is 21.6 Å². The van der Waals surface area contributed by atoms with Crippen molar-refractivity contribution in [3.8, 4) is 11.3 Å². The third kappa shape index (κ3) is 3.97. The number of para-hydroxylation sites is 1. The zero-order valence-electron chi connectivity index (χ0n) is 14.6. The molecule has 0 unspecified atom stereocenters. The Labute approximate surface area is 151 Å². The molecule has 2 aromatic carbocycles. The molecule has 3 aromatic rings. The third-order valence-corrected chi connectivity index (χ3v) is 3.95. The summed E-state index contributed by atoms with van der Waals surface area (Å²) in [4.78, 5) is 24.2. The lowest BCUT2D eigenvalue weighted by molar-refractivity contribution is -0.119. The minimum atomic E-state index is -0.628. The van der Waals surface area contributed by atoms with Crippen LogP contribution in [0.25, 0.3) is 11.3 Å². The predicted molar refractivity (Wildman–Crippen MR) is 98.9 cm³/mol. The molecule has 0 saturated carbocycles. The van der Waals surface area contributed by atoms with Crippen LogP contribution in [0.4, 0.5) is 5.69 Å². The number of esters is 1. The summed E-state index contributed by atoms with van der Waals surface area (Å²) in [5, 5.41) is 9.51. The number of amides is 1. The molecule has 0 fully saturated rings. The molecule has 0 spiro atoms. The number of anilines is 1. The summed E-state index contributed by atoms with van der Waals surface area (Å²) in [6, 6.07) is 16.8. The van der Waals surface area contributed by atoms with Crippen LogP contribution >= 0.6 is 0 Å². The lowest BCUT2D eigenvalue weighted by atomic mass is 10.1. The summed E-state index contributed by atoms with van der Waals surface area (Å²) < 4.78 is 5.07. The number of aromatic nitrogens is 2. The van der Waals surface area contributed by atoms with E-state index in [0.29, 0.717) is 5.69 Å². The minimum Gasteiger partial charge on any atom is -0.451 e. The first-order valence-electron chi connectivity index (χ1n) is 8.18. The topological polar surface area (TPSA) is 84.1 Å². The summed E-state index contributed by atoms with van der Waals surface area (Å²) in [7, 11) is 0. The van der Waals surface area contributed by atoms with E-state index in [1.165, 1.54) is 0 Å². The molecule has 26 heavy (non-hydrogen) atoms. The van der Waals surface area contributed by atoms with Crippen molar-refractivity contribution >= 4 is 17.6 Å². The van der Waals surface area contributed by atoms with Gasteiger partial charge in [0.25, 0.3) is 5.91 Å². The Bertz CT molecular complexity index is 912. The summed E-state index contributed by atoms with van der Waals surface area (Å²) in [6.07, 6.45) is 0. The van der Waals surface area contributed by atoms with Gasteiger partial charge in [-0.3, -0.25) is 9.89 Å². The van der Waals surface area contributed by atoms with E-state index < -0.39 is 11.9 Å². The molecule has 1 aromatic heterocycles. The van der Waals surface area contributed by atoms with Gasteiger partial charge in [-0.05, 0) is 31.0 Å². The second kappa shape index (κ2) is 7.65. The number of nitrogens with zero attached hydrogens (tertiary/aromatic N) is 1. The number of hydrogen-bond acceptors (Lipinski definition) is 4. The maximum absolute atomic E-state index is 12.1. The number of carbonyl (C=O) groups is 2. The number of ether oxygens (including phenoxy) is 1. The molecule has 0 atom stereocenters. The van der Waals surface area contributed by atoms with Gasteiger partial charge in [0.05, 0.1) is 5.69 Å². The fourth-order valence-corrected chi connectivity index (χ4v) is 2.58. The molecule has 6 nitrogen and oxygen atoms in total. The molecule has 0 aliphatic heterocycles. The zero-order valence-corrected chi connectivity index (χ0v) is 14.6. The Balaban J connectivity index is 1.59. The van der Waals surface area contributed by atoms with Crippen LogP contribution in [0.3, 0.4) is 0 Å². The van der Waals surface area contributed by atoms with Crippen LogP contribution in [0, 0.1) is 13.8 Å². The van der Waals surface area contributed by atoms with Gasteiger partial charge in [0.1, 0.15) is 5.69 Å². The Morgan fingerprint density at radius 3 is 2.42 bits per heavy atom. The normalized spacial score (nSPS) is 10.4. The second-order valence-electron chi connectivity index (χ2n) is 5.92. The van der Waals surface area contributed by atoms with Crippen LogP contribution < -0.4 is 5.32 Å². The monoisotopic (exact) mass is 349 g/mol. The van der Waals surface area contributed by atoms with Crippen molar-refractivity contribution in [1.82, 2.24) is 10.2 Å². The average Bonchev–Trinajstić information content (AvgIpc) is 3.14. The van der Waals surface area contributed by atoms with Gasteiger partial charge in [-0.1, -0.05) is 48.5 Å². The zero-order chi connectivity index (χ0) is 18.5. The number of H-pyrrole nitrogens is 1. The Hall–Kier alpha value is -3.41. The Morgan fingerprint density at radius 1 is 1.04 bits per heavy atom. The Kier molecular flexibility index (Phi) is 5.12. The van der Waals surface area contributed by atoms with Crippen molar-refractivity contribution in [3.05, 3.63) is 71.4 Å². The number of aryl methyl sites for hydroxylation is 2. The van der Waals surface area contributed by atoms with E-state index in [1.807, 2.05) is 62.4 Å². The molecule has 0 aliphatic rings. The SMILES string of the molecule is Cc1cccc(C)c1NC(=O)COC(=O)c1cc(-c2ccccc2)n[nH]1. The minimum absolute atomic E-state index is 0.198. The fourth-order valence-electron chi connectivity index (χ4n) is 2.58. The number of rotatable bonds is 5. The molecule has 6 heteroatoms. The first-order valence-corrected chi connectivity index (χ1v) is 8.18. The summed E-state index contributed by atoms with van der Waals surface area (Å²) in [5.74, 6) is -1.02. The quantitative estimate of drug-likeness (QED) is 0.691. The van der Waals surface area contributed by atoms with Crippen LogP contribution in [-0.4, -0.2) is 28.7 Å². The fraction of sp³-hybridized carbons (Fsp3) is 0.150. The molecular formula is C20H19N3O3. The largest absolute Gasteiger partial charge is 0.451 e. The van der Waals surface area contributed by atoms with E-state index in [4.69, 9.17) is 4.74 Å². The van der Waals surface area contributed by atoms with Crippen molar-refractivity contribution in [2.75, 3.05) is 11.9 Å². The van der Waals surface area contributed by atoms with Gasteiger partial charge in [0.15, 0.2) is 6.61 Å². The number of nitrogens with one attached hydrogen (secondary N) is 2. The summed E-state index contributed by atoms with van der Waals surface area (Å²) in [6.45, 7) is 3.45.